The molecule has 0 bridgehead atoms. The van der Waals surface area contributed by atoms with Gasteiger partial charge in [0.05, 0.1) is 23.6 Å². The third-order valence-electron chi connectivity index (χ3n) is 3.98. The first-order valence-electron chi connectivity index (χ1n) is 8.18. The lowest BCUT2D eigenvalue weighted by atomic mass is 9.95. The van der Waals surface area contributed by atoms with Gasteiger partial charge in [0.2, 0.25) is 0 Å². The van der Waals surface area contributed by atoms with Gasteiger partial charge in [-0.1, -0.05) is 29.4 Å². The van der Waals surface area contributed by atoms with E-state index in [1.54, 1.807) is 11.8 Å². The van der Waals surface area contributed by atoms with E-state index < -0.39 is 0 Å². The lowest BCUT2D eigenvalue weighted by Crippen LogP contribution is -2.15. The van der Waals surface area contributed by atoms with Gasteiger partial charge in [-0.2, -0.15) is 0 Å². The van der Waals surface area contributed by atoms with Crippen LogP contribution in [0, 0.1) is 12.8 Å². The van der Waals surface area contributed by atoms with Gasteiger partial charge in [0.25, 0.3) is 0 Å². The molecule has 0 saturated heterocycles. The van der Waals surface area contributed by atoms with Gasteiger partial charge in [-0.05, 0) is 44.2 Å². The van der Waals surface area contributed by atoms with Crippen LogP contribution in [0.25, 0.3) is 0 Å². The highest BCUT2D eigenvalue weighted by Crippen LogP contribution is 2.27. The van der Waals surface area contributed by atoms with E-state index in [0.29, 0.717) is 23.8 Å². The molecule has 4 nitrogen and oxygen atoms in total. The second-order valence-corrected chi connectivity index (χ2v) is 6.99. The summed E-state index contributed by atoms with van der Waals surface area (Å²) in [6, 6.07) is 9.45. The highest BCUT2D eigenvalue weighted by Gasteiger charge is 2.17. The Morgan fingerprint density at radius 2 is 2.25 bits per heavy atom. The average molecular weight is 343 g/mol. The molecule has 1 heterocycles. The highest BCUT2D eigenvalue weighted by atomic mass is 32.2. The number of thioether (sulfide) groups is 1. The molecule has 5 heteroatoms. The second-order valence-electron chi connectivity index (χ2n) is 5.97. The summed E-state index contributed by atoms with van der Waals surface area (Å²) in [7, 11) is 0. The lowest BCUT2D eigenvalue weighted by molar-refractivity contribution is 0.0428. The Labute approximate surface area is 146 Å². The molecule has 1 atom stereocenters. The third kappa shape index (κ3) is 4.51. The summed E-state index contributed by atoms with van der Waals surface area (Å²) >= 11 is 1.56. The number of rotatable bonds is 6. The summed E-state index contributed by atoms with van der Waals surface area (Å²) in [6.07, 6.45) is 7.52. The molecule has 2 aromatic rings. The minimum Gasteiger partial charge on any atom is -0.462 e. The molecule has 1 aliphatic rings. The summed E-state index contributed by atoms with van der Waals surface area (Å²) in [5, 5.41) is 3.88. The van der Waals surface area contributed by atoms with Crippen molar-refractivity contribution < 1.29 is 14.1 Å². The van der Waals surface area contributed by atoms with E-state index >= 15 is 0 Å². The van der Waals surface area contributed by atoms with E-state index in [1.165, 1.54) is 0 Å². The van der Waals surface area contributed by atoms with E-state index in [-0.39, 0.29) is 5.97 Å². The monoisotopic (exact) mass is 343 g/mol. The molecule has 0 aliphatic heterocycles. The summed E-state index contributed by atoms with van der Waals surface area (Å²) in [4.78, 5) is 13.3. The van der Waals surface area contributed by atoms with Crippen molar-refractivity contribution in [2.45, 2.75) is 36.8 Å². The number of carbonyl (C=O) groups excluding carboxylic acids is 1. The van der Waals surface area contributed by atoms with Crippen LogP contribution in [-0.2, 0) is 10.5 Å². The number of hydrogen-bond donors (Lipinski definition) is 0. The van der Waals surface area contributed by atoms with Gasteiger partial charge in [0.1, 0.15) is 5.76 Å². The first-order chi connectivity index (χ1) is 11.7. The molecule has 3 rings (SSSR count). The molecular formula is C19H21NO3S. The molecule has 0 fully saturated rings. The topological polar surface area (TPSA) is 52.3 Å². The predicted molar refractivity (Wildman–Crippen MR) is 94.0 cm³/mol. The van der Waals surface area contributed by atoms with Gasteiger partial charge in [-0.15, -0.1) is 11.8 Å². The fraction of sp³-hybridized carbons (Fsp3) is 0.368. The molecule has 0 amide bonds. The van der Waals surface area contributed by atoms with Crippen LogP contribution in [0.5, 0.6) is 0 Å². The van der Waals surface area contributed by atoms with Crippen molar-refractivity contribution >= 4 is 17.7 Å². The Morgan fingerprint density at radius 1 is 1.38 bits per heavy atom. The SMILES string of the molecule is Cc1cc(CSc2ccccc2C(=O)OCC2CC=CCC2)on1. The maximum absolute atomic E-state index is 12.4. The second kappa shape index (κ2) is 8.20. The number of esters is 1. The number of carbonyl (C=O) groups is 1. The molecule has 24 heavy (non-hydrogen) atoms. The minimum absolute atomic E-state index is 0.249. The van der Waals surface area contributed by atoms with Crippen LogP contribution < -0.4 is 0 Å². The molecule has 0 saturated carbocycles. The summed E-state index contributed by atoms with van der Waals surface area (Å²) in [5.74, 6) is 1.63. The van der Waals surface area contributed by atoms with Gasteiger partial charge in [-0.3, -0.25) is 0 Å². The van der Waals surface area contributed by atoms with Crippen LogP contribution in [0.4, 0.5) is 0 Å². The van der Waals surface area contributed by atoms with Gasteiger partial charge >= 0.3 is 5.97 Å². The number of nitrogens with zero attached hydrogens (tertiary/aromatic N) is 1. The maximum Gasteiger partial charge on any atom is 0.339 e. The first kappa shape index (κ1) is 16.8. The maximum atomic E-state index is 12.4. The number of ether oxygens (including phenoxy) is 1. The van der Waals surface area contributed by atoms with Crippen molar-refractivity contribution in [3.63, 3.8) is 0 Å². The quantitative estimate of drug-likeness (QED) is 0.429. The zero-order valence-electron chi connectivity index (χ0n) is 13.7. The third-order valence-corrected chi connectivity index (χ3v) is 5.08. The average Bonchev–Trinajstić information content (AvgIpc) is 3.04. The normalized spacial score (nSPS) is 17.0. The predicted octanol–water partition coefficient (Wildman–Crippen LogP) is 4.79. The minimum atomic E-state index is -0.249. The highest BCUT2D eigenvalue weighted by molar-refractivity contribution is 7.98. The Balaban J connectivity index is 1.60. The Morgan fingerprint density at radius 3 is 3.00 bits per heavy atom. The van der Waals surface area contributed by atoms with Crippen molar-refractivity contribution in [2.75, 3.05) is 6.61 Å². The van der Waals surface area contributed by atoms with Crippen molar-refractivity contribution in [1.29, 1.82) is 0 Å². The van der Waals surface area contributed by atoms with E-state index in [4.69, 9.17) is 9.26 Å². The Bertz CT molecular complexity index is 723. The molecule has 1 aromatic heterocycles. The number of hydrogen-bond acceptors (Lipinski definition) is 5. The molecule has 1 aromatic carbocycles. The lowest BCUT2D eigenvalue weighted by Gasteiger charge is -2.17. The van der Waals surface area contributed by atoms with E-state index in [9.17, 15) is 4.79 Å². The fourth-order valence-corrected chi connectivity index (χ4v) is 3.59. The molecular weight excluding hydrogens is 322 g/mol. The smallest absolute Gasteiger partial charge is 0.339 e. The van der Waals surface area contributed by atoms with Crippen LogP contribution in [0.15, 0.2) is 51.9 Å². The van der Waals surface area contributed by atoms with E-state index in [2.05, 4.69) is 17.3 Å². The molecule has 126 valence electrons. The van der Waals surface area contributed by atoms with Crippen LogP contribution in [0.3, 0.4) is 0 Å². The van der Waals surface area contributed by atoms with Crippen molar-refractivity contribution in [3.05, 3.63) is 59.5 Å². The molecule has 0 radical (unpaired) electrons. The number of allylic oxidation sites excluding steroid dienone is 2. The van der Waals surface area contributed by atoms with E-state index in [1.807, 2.05) is 37.3 Å². The fourth-order valence-electron chi connectivity index (χ4n) is 2.67. The zero-order chi connectivity index (χ0) is 16.8. The van der Waals surface area contributed by atoms with Gasteiger partial charge in [0, 0.05) is 11.0 Å². The van der Waals surface area contributed by atoms with E-state index in [0.717, 1.165) is 35.6 Å². The van der Waals surface area contributed by atoms with Crippen LogP contribution in [0.1, 0.15) is 41.1 Å². The number of aromatic nitrogens is 1. The molecule has 0 spiro atoms. The largest absolute Gasteiger partial charge is 0.462 e. The van der Waals surface area contributed by atoms with Crippen molar-refractivity contribution in [1.82, 2.24) is 5.16 Å². The van der Waals surface area contributed by atoms with Crippen molar-refractivity contribution in [2.24, 2.45) is 5.92 Å². The number of aryl methyl sites for hydroxylation is 1. The van der Waals surface area contributed by atoms with Gasteiger partial charge in [0.15, 0.2) is 0 Å². The molecule has 1 unspecified atom stereocenters. The number of benzene rings is 1. The summed E-state index contributed by atoms with van der Waals surface area (Å²) < 4.78 is 10.8. The van der Waals surface area contributed by atoms with Gasteiger partial charge < -0.3 is 9.26 Å². The summed E-state index contributed by atoms with van der Waals surface area (Å²) in [5.41, 5.74) is 1.48. The van der Waals surface area contributed by atoms with Crippen LogP contribution >= 0.6 is 11.8 Å². The standard InChI is InChI=1S/C19H21NO3S/c1-14-11-16(23-20-14)13-24-18-10-6-5-9-17(18)19(21)22-12-15-7-3-2-4-8-15/h2-3,5-6,9-11,15H,4,7-8,12-13H2,1H3. The molecule has 1 aliphatic carbocycles. The molecule has 0 N–H and O–H groups in total. The van der Waals surface area contributed by atoms with Crippen molar-refractivity contribution in [3.8, 4) is 0 Å². The Kier molecular flexibility index (Phi) is 5.75. The van der Waals surface area contributed by atoms with Gasteiger partial charge in [-0.25, -0.2) is 4.79 Å². The summed E-state index contributed by atoms with van der Waals surface area (Å²) in [6.45, 7) is 2.38. The Hall–Kier alpha value is -2.01. The van der Waals surface area contributed by atoms with Crippen LogP contribution in [-0.4, -0.2) is 17.7 Å². The first-order valence-corrected chi connectivity index (χ1v) is 9.17. The van der Waals surface area contributed by atoms with Crippen LogP contribution in [0.2, 0.25) is 0 Å². The zero-order valence-corrected chi connectivity index (χ0v) is 14.6.